The molecule has 0 spiro atoms. The van der Waals surface area contributed by atoms with Gasteiger partial charge in [-0.1, -0.05) is 0 Å². The lowest BCUT2D eigenvalue weighted by Gasteiger charge is -2.26. The maximum Gasteiger partial charge on any atom is 0.355 e. The molecule has 106 valence electrons. The van der Waals surface area contributed by atoms with Gasteiger partial charge in [0, 0.05) is 24.0 Å². The predicted octanol–water partition coefficient (Wildman–Crippen LogP) is 0.774. The molecule has 2 aromatic rings. The number of carboxylic acid groups (broad SMARTS) is 1. The van der Waals surface area contributed by atoms with Gasteiger partial charge in [-0.25, -0.2) is 19.6 Å². The van der Waals surface area contributed by atoms with Gasteiger partial charge in [-0.15, -0.1) is 0 Å². The standard InChI is InChI=1S/C13H10N4O4/c18-10-3-4-17(13(21)16-10)7-1-2-9-8(5-7)11(12(19)20)15-6-14-9/h1-2,5-6H,3-4H2,(H,19,20)(H,16,18,21). The topological polar surface area (TPSA) is 112 Å². The molecule has 1 aliphatic heterocycles. The molecule has 0 unspecified atom stereocenters. The number of urea groups is 1. The Morgan fingerprint density at radius 2 is 2.10 bits per heavy atom. The van der Waals surface area contributed by atoms with Crippen LogP contribution >= 0.6 is 0 Å². The molecule has 0 atom stereocenters. The largest absolute Gasteiger partial charge is 0.476 e. The number of nitrogens with zero attached hydrogens (tertiary/aromatic N) is 3. The van der Waals surface area contributed by atoms with Crippen molar-refractivity contribution in [3.05, 3.63) is 30.2 Å². The van der Waals surface area contributed by atoms with E-state index < -0.39 is 12.0 Å². The fraction of sp³-hybridized carbons (Fsp3) is 0.154. The van der Waals surface area contributed by atoms with E-state index in [1.165, 1.54) is 17.3 Å². The second kappa shape index (κ2) is 4.82. The van der Waals surface area contributed by atoms with E-state index in [0.29, 0.717) is 16.6 Å². The van der Waals surface area contributed by atoms with Gasteiger partial charge >= 0.3 is 12.0 Å². The zero-order valence-corrected chi connectivity index (χ0v) is 10.7. The smallest absolute Gasteiger partial charge is 0.355 e. The third-order valence-electron chi connectivity index (χ3n) is 3.19. The molecule has 8 nitrogen and oxygen atoms in total. The van der Waals surface area contributed by atoms with Crippen molar-refractivity contribution in [1.82, 2.24) is 15.3 Å². The molecular formula is C13H10N4O4. The van der Waals surface area contributed by atoms with Gasteiger partial charge in [0.05, 0.1) is 5.52 Å². The Labute approximate surface area is 118 Å². The number of carbonyl (C=O) groups is 3. The molecule has 0 bridgehead atoms. The number of fused-ring (bicyclic) bond motifs is 1. The summed E-state index contributed by atoms with van der Waals surface area (Å²) in [6, 6.07) is 4.27. The Bertz CT molecular complexity index is 774. The van der Waals surface area contributed by atoms with E-state index in [0.717, 1.165) is 0 Å². The molecule has 1 fully saturated rings. The monoisotopic (exact) mass is 286 g/mol. The summed E-state index contributed by atoms with van der Waals surface area (Å²) >= 11 is 0. The number of hydrogen-bond acceptors (Lipinski definition) is 5. The van der Waals surface area contributed by atoms with Crippen molar-refractivity contribution >= 4 is 34.5 Å². The molecular weight excluding hydrogens is 276 g/mol. The molecule has 3 rings (SSSR count). The van der Waals surface area contributed by atoms with E-state index in [2.05, 4.69) is 15.3 Å². The molecule has 1 aliphatic rings. The van der Waals surface area contributed by atoms with Crippen molar-refractivity contribution in [2.75, 3.05) is 11.4 Å². The zero-order valence-electron chi connectivity index (χ0n) is 10.7. The minimum atomic E-state index is -1.17. The van der Waals surface area contributed by atoms with E-state index in [1.807, 2.05) is 0 Å². The highest BCUT2D eigenvalue weighted by atomic mass is 16.4. The van der Waals surface area contributed by atoms with Crippen molar-refractivity contribution in [3.8, 4) is 0 Å². The first-order valence-electron chi connectivity index (χ1n) is 6.15. The van der Waals surface area contributed by atoms with Crippen molar-refractivity contribution in [2.45, 2.75) is 6.42 Å². The van der Waals surface area contributed by atoms with Gasteiger partial charge < -0.3 is 5.11 Å². The molecule has 2 N–H and O–H groups in total. The highest BCUT2D eigenvalue weighted by molar-refractivity contribution is 6.07. The fourth-order valence-electron chi connectivity index (χ4n) is 2.19. The second-order valence-electron chi connectivity index (χ2n) is 4.48. The van der Waals surface area contributed by atoms with Crippen LogP contribution in [0.15, 0.2) is 24.5 Å². The summed E-state index contributed by atoms with van der Waals surface area (Å²) in [5.41, 5.74) is 0.833. The summed E-state index contributed by atoms with van der Waals surface area (Å²) in [6.45, 7) is 0.242. The summed E-state index contributed by atoms with van der Waals surface area (Å²) in [5.74, 6) is -1.50. The van der Waals surface area contributed by atoms with Crippen LogP contribution in [0.3, 0.4) is 0 Å². The van der Waals surface area contributed by atoms with Crippen molar-refractivity contribution in [1.29, 1.82) is 0 Å². The third kappa shape index (κ3) is 2.27. The van der Waals surface area contributed by atoms with Crippen LogP contribution in [-0.4, -0.2) is 39.5 Å². The minimum absolute atomic E-state index is 0.129. The summed E-state index contributed by atoms with van der Waals surface area (Å²) < 4.78 is 0. The van der Waals surface area contributed by atoms with Crippen LogP contribution in [0.1, 0.15) is 16.9 Å². The number of aromatic nitrogens is 2. The first kappa shape index (κ1) is 13.0. The quantitative estimate of drug-likeness (QED) is 0.843. The number of carbonyl (C=O) groups excluding carboxylic acids is 2. The average molecular weight is 286 g/mol. The second-order valence-corrected chi connectivity index (χ2v) is 4.48. The summed E-state index contributed by atoms with van der Waals surface area (Å²) in [6.07, 6.45) is 1.37. The molecule has 1 saturated heterocycles. The number of nitrogens with one attached hydrogen (secondary N) is 1. The average Bonchev–Trinajstić information content (AvgIpc) is 2.46. The molecule has 21 heavy (non-hydrogen) atoms. The summed E-state index contributed by atoms with van der Waals surface area (Å²) in [5, 5.41) is 11.7. The van der Waals surface area contributed by atoms with Crippen LogP contribution in [-0.2, 0) is 4.79 Å². The van der Waals surface area contributed by atoms with Gasteiger partial charge in [-0.05, 0) is 18.2 Å². The normalized spacial score (nSPS) is 15.1. The van der Waals surface area contributed by atoms with E-state index in [1.54, 1.807) is 12.1 Å². The molecule has 0 saturated carbocycles. The maximum absolute atomic E-state index is 11.8. The molecule has 0 radical (unpaired) electrons. The van der Waals surface area contributed by atoms with Crippen molar-refractivity contribution < 1.29 is 19.5 Å². The molecule has 1 aromatic heterocycles. The van der Waals surface area contributed by atoms with E-state index in [9.17, 15) is 14.4 Å². The van der Waals surface area contributed by atoms with Crippen LogP contribution in [0.4, 0.5) is 10.5 Å². The Balaban J connectivity index is 2.08. The number of benzene rings is 1. The lowest BCUT2D eigenvalue weighted by atomic mass is 10.1. The van der Waals surface area contributed by atoms with E-state index in [-0.39, 0.29) is 24.6 Å². The van der Waals surface area contributed by atoms with E-state index in [4.69, 9.17) is 5.11 Å². The molecule has 8 heteroatoms. The highest BCUT2D eigenvalue weighted by Crippen LogP contribution is 2.24. The zero-order chi connectivity index (χ0) is 15.0. The third-order valence-corrected chi connectivity index (χ3v) is 3.19. The molecule has 2 heterocycles. The van der Waals surface area contributed by atoms with Crippen LogP contribution in [0, 0.1) is 0 Å². The first-order chi connectivity index (χ1) is 10.1. The molecule has 1 aromatic carbocycles. The van der Waals surface area contributed by atoms with Gasteiger partial charge in [-0.2, -0.15) is 0 Å². The Kier molecular flexibility index (Phi) is 2.98. The van der Waals surface area contributed by atoms with Crippen LogP contribution < -0.4 is 10.2 Å². The predicted molar refractivity (Wildman–Crippen MR) is 72.0 cm³/mol. The van der Waals surface area contributed by atoms with Crippen molar-refractivity contribution in [2.24, 2.45) is 0 Å². The Hall–Kier alpha value is -3.03. The molecule has 0 aliphatic carbocycles. The lowest BCUT2D eigenvalue weighted by Crippen LogP contribution is -2.49. The maximum atomic E-state index is 11.8. The lowest BCUT2D eigenvalue weighted by molar-refractivity contribution is -0.120. The number of carboxylic acids is 1. The van der Waals surface area contributed by atoms with Gasteiger partial charge in [-0.3, -0.25) is 15.0 Å². The number of anilines is 1. The van der Waals surface area contributed by atoms with E-state index >= 15 is 0 Å². The fourth-order valence-corrected chi connectivity index (χ4v) is 2.19. The van der Waals surface area contributed by atoms with Crippen LogP contribution in [0.25, 0.3) is 10.9 Å². The number of rotatable bonds is 2. The Morgan fingerprint density at radius 1 is 1.29 bits per heavy atom. The summed E-state index contributed by atoms with van der Waals surface area (Å²) in [4.78, 5) is 43.2. The number of amides is 3. The number of aromatic carboxylic acids is 1. The van der Waals surface area contributed by atoms with Gasteiger partial charge in [0.2, 0.25) is 5.91 Å². The van der Waals surface area contributed by atoms with Crippen LogP contribution in [0.5, 0.6) is 0 Å². The molecule has 3 amide bonds. The van der Waals surface area contributed by atoms with Gasteiger partial charge in [0.25, 0.3) is 0 Å². The highest BCUT2D eigenvalue weighted by Gasteiger charge is 2.24. The number of imide groups is 1. The Morgan fingerprint density at radius 3 is 2.81 bits per heavy atom. The van der Waals surface area contributed by atoms with Gasteiger partial charge in [0.1, 0.15) is 6.33 Å². The summed E-state index contributed by atoms with van der Waals surface area (Å²) in [7, 11) is 0. The minimum Gasteiger partial charge on any atom is -0.476 e. The van der Waals surface area contributed by atoms with Gasteiger partial charge in [0.15, 0.2) is 5.69 Å². The SMILES string of the molecule is O=C1CCN(c2ccc3ncnc(C(=O)O)c3c2)C(=O)N1. The van der Waals surface area contributed by atoms with Crippen LogP contribution in [0.2, 0.25) is 0 Å². The number of hydrogen-bond donors (Lipinski definition) is 2. The first-order valence-corrected chi connectivity index (χ1v) is 6.15. The van der Waals surface area contributed by atoms with Crippen molar-refractivity contribution in [3.63, 3.8) is 0 Å².